The van der Waals surface area contributed by atoms with E-state index in [4.69, 9.17) is 5.11 Å². The van der Waals surface area contributed by atoms with Crippen LogP contribution in [0.15, 0.2) is 24.3 Å². The van der Waals surface area contributed by atoms with Crippen molar-refractivity contribution in [3.05, 3.63) is 29.8 Å². The predicted octanol–water partition coefficient (Wildman–Crippen LogP) is 0.780. The number of phenols is 1. The first-order valence-electron chi connectivity index (χ1n) is 3.15. The molecule has 0 spiro atoms. The highest BCUT2D eigenvalue weighted by atomic mass is 16.3. The minimum atomic E-state index is 0.181. The van der Waals surface area contributed by atoms with Gasteiger partial charge in [0.25, 0.3) is 0 Å². The number of aromatic hydroxyl groups is 1. The molecule has 0 unspecified atom stereocenters. The number of hydrogen-bond acceptors (Lipinski definition) is 3. The highest BCUT2D eigenvalue weighted by Gasteiger charge is 1.86. The highest BCUT2D eigenvalue weighted by Crippen LogP contribution is 2.07. The molecule has 0 heterocycles. The van der Waals surface area contributed by atoms with Gasteiger partial charge in [0, 0.05) is 5.56 Å². The van der Waals surface area contributed by atoms with Crippen molar-refractivity contribution in [3.8, 4) is 5.75 Å². The third kappa shape index (κ3) is 3.37. The zero-order valence-corrected chi connectivity index (χ0v) is 6.32. The van der Waals surface area contributed by atoms with Gasteiger partial charge < -0.3 is 10.8 Å². The average Bonchev–Trinajstić information content (AvgIpc) is 2.10. The van der Waals surface area contributed by atoms with Gasteiger partial charge in [-0.05, 0) is 31.3 Å². The Labute approximate surface area is 65.5 Å². The Kier molecular flexibility index (Phi) is 4.77. The molecule has 0 aliphatic carbocycles. The summed E-state index contributed by atoms with van der Waals surface area (Å²) in [5.41, 5.74) is 5.08. The number of benzene rings is 1. The van der Waals surface area contributed by atoms with Crippen LogP contribution in [0.4, 0.5) is 0 Å². The quantitative estimate of drug-likeness (QED) is 0.586. The Morgan fingerprint density at radius 2 is 1.73 bits per heavy atom. The van der Waals surface area contributed by atoms with Crippen LogP contribution >= 0.6 is 0 Å². The average molecular weight is 153 g/mol. The summed E-state index contributed by atoms with van der Waals surface area (Å²) in [4.78, 5) is 10.0. The second-order valence-electron chi connectivity index (χ2n) is 1.71. The maximum absolute atomic E-state index is 10.0. The maximum Gasteiger partial charge on any atom is 0.150 e. The number of phenolic OH excluding ortho intramolecular Hbond substituents is 1. The Bertz CT molecular complexity index is 206. The monoisotopic (exact) mass is 153 g/mol. The number of nitrogens with two attached hydrogens (primary N) is 1. The highest BCUT2D eigenvalue weighted by molar-refractivity contribution is 5.74. The predicted molar refractivity (Wildman–Crippen MR) is 43.6 cm³/mol. The Balaban J connectivity index is 0.000000461. The van der Waals surface area contributed by atoms with Crippen LogP contribution in [0.1, 0.15) is 10.4 Å². The van der Waals surface area contributed by atoms with E-state index >= 15 is 0 Å². The van der Waals surface area contributed by atoms with Crippen LogP contribution in [-0.4, -0.2) is 18.4 Å². The first kappa shape index (κ1) is 9.65. The third-order valence-electron chi connectivity index (χ3n) is 1.03. The Morgan fingerprint density at radius 3 is 2.09 bits per heavy atom. The van der Waals surface area contributed by atoms with Crippen molar-refractivity contribution >= 4 is 6.29 Å². The summed E-state index contributed by atoms with van der Waals surface area (Å²) >= 11 is 0. The molecule has 60 valence electrons. The molecule has 0 aliphatic heterocycles. The molecule has 3 nitrogen and oxygen atoms in total. The largest absolute Gasteiger partial charge is 0.508 e. The topological polar surface area (TPSA) is 63.3 Å². The van der Waals surface area contributed by atoms with Crippen molar-refractivity contribution in [2.75, 3.05) is 7.05 Å². The summed E-state index contributed by atoms with van der Waals surface area (Å²) in [5.74, 6) is 0.181. The minimum Gasteiger partial charge on any atom is -0.508 e. The van der Waals surface area contributed by atoms with E-state index in [-0.39, 0.29) is 5.75 Å². The van der Waals surface area contributed by atoms with Crippen LogP contribution in [0.2, 0.25) is 0 Å². The smallest absolute Gasteiger partial charge is 0.150 e. The lowest BCUT2D eigenvalue weighted by molar-refractivity contribution is 0.112. The first-order chi connectivity index (χ1) is 5.33. The number of aldehydes is 1. The normalized spacial score (nSPS) is 7.82. The molecule has 0 saturated heterocycles. The third-order valence-corrected chi connectivity index (χ3v) is 1.03. The minimum absolute atomic E-state index is 0.181. The lowest BCUT2D eigenvalue weighted by Crippen LogP contribution is -1.74. The fraction of sp³-hybridized carbons (Fsp3) is 0.125. The van der Waals surface area contributed by atoms with E-state index in [0.717, 1.165) is 6.29 Å². The van der Waals surface area contributed by atoms with Gasteiger partial charge in [0.05, 0.1) is 0 Å². The van der Waals surface area contributed by atoms with Crippen molar-refractivity contribution in [1.82, 2.24) is 0 Å². The molecule has 0 aliphatic rings. The van der Waals surface area contributed by atoms with E-state index in [1.165, 1.54) is 19.2 Å². The molecule has 0 amide bonds. The summed E-state index contributed by atoms with van der Waals surface area (Å²) in [6, 6.07) is 6.07. The van der Waals surface area contributed by atoms with Gasteiger partial charge in [-0.1, -0.05) is 0 Å². The van der Waals surface area contributed by atoms with Gasteiger partial charge in [-0.15, -0.1) is 0 Å². The van der Waals surface area contributed by atoms with Crippen LogP contribution in [0.5, 0.6) is 5.75 Å². The first-order valence-corrected chi connectivity index (χ1v) is 3.15. The van der Waals surface area contributed by atoms with Crippen molar-refractivity contribution < 1.29 is 9.90 Å². The van der Waals surface area contributed by atoms with Crippen LogP contribution in [-0.2, 0) is 0 Å². The Morgan fingerprint density at radius 1 is 1.27 bits per heavy atom. The van der Waals surface area contributed by atoms with Gasteiger partial charge in [-0.3, -0.25) is 4.79 Å². The number of carbonyl (C=O) groups is 1. The number of carbonyl (C=O) groups excluding carboxylic acids is 1. The van der Waals surface area contributed by atoms with Gasteiger partial charge in [0.1, 0.15) is 12.0 Å². The fourth-order valence-electron chi connectivity index (χ4n) is 0.553. The molecule has 3 heteroatoms. The zero-order chi connectivity index (χ0) is 8.69. The summed E-state index contributed by atoms with van der Waals surface area (Å²) in [6.07, 6.45) is 0.736. The fourth-order valence-corrected chi connectivity index (χ4v) is 0.553. The van der Waals surface area contributed by atoms with Crippen molar-refractivity contribution in [2.45, 2.75) is 0 Å². The summed E-state index contributed by atoms with van der Waals surface area (Å²) in [7, 11) is 1.50. The molecule has 11 heavy (non-hydrogen) atoms. The van der Waals surface area contributed by atoms with E-state index < -0.39 is 0 Å². The second kappa shape index (κ2) is 5.44. The van der Waals surface area contributed by atoms with Gasteiger partial charge in [-0.25, -0.2) is 0 Å². The molecule has 0 aromatic heterocycles. The van der Waals surface area contributed by atoms with Gasteiger partial charge in [0.2, 0.25) is 0 Å². The molecule has 3 N–H and O–H groups in total. The van der Waals surface area contributed by atoms with Gasteiger partial charge in [0.15, 0.2) is 0 Å². The Hall–Kier alpha value is -1.35. The molecule has 0 radical (unpaired) electrons. The van der Waals surface area contributed by atoms with E-state index in [1.54, 1.807) is 12.1 Å². The maximum atomic E-state index is 10.0. The molecule has 0 fully saturated rings. The molecular formula is C8H11NO2. The number of rotatable bonds is 1. The van der Waals surface area contributed by atoms with Crippen LogP contribution < -0.4 is 5.73 Å². The van der Waals surface area contributed by atoms with Crippen molar-refractivity contribution in [2.24, 2.45) is 5.73 Å². The van der Waals surface area contributed by atoms with Gasteiger partial charge in [-0.2, -0.15) is 0 Å². The lowest BCUT2D eigenvalue weighted by Gasteiger charge is -1.88. The van der Waals surface area contributed by atoms with Gasteiger partial charge >= 0.3 is 0 Å². The standard InChI is InChI=1S/C7H6O2.CH5N/c8-5-6-1-3-7(9)4-2-6;1-2/h1-5,9H;2H2,1H3. The van der Waals surface area contributed by atoms with Crippen LogP contribution in [0.3, 0.4) is 0 Å². The molecule has 1 aromatic carbocycles. The van der Waals surface area contributed by atoms with E-state index in [2.05, 4.69) is 5.73 Å². The summed E-state index contributed by atoms with van der Waals surface area (Å²) in [6.45, 7) is 0. The zero-order valence-electron chi connectivity index (χ0n) is 6.32. The van der Waals surface area contributed by atoms with Crippen molar-refractivity contribution in [3.63, 3.8) is 0 Å². The molecule has 0 bridgehead atoms. The van der Waals surface area contributed by atoms with Crippen molar-refractivity contribution in [1.29, 1.82) is 0 Å². The van der Waals surface area contributed by atoms with E-state index in [0.29, 0.717) is 5.56 Å². The SMILES string of the molecule is CN.O=Cc1ccc(O)cc1. The second-order valence-corrected chi connectivity index (χ2v) is 1.71. The lowest BCUT2D eigenvalue weighted by atomic mass is 10.2. The molecule has 1 rings (SSSR count). The molecule has 0 saturated carbocycles. The molecular weight excluding hydrogens is 142 g/mol. The molecule has 1 aromatic rings. The van der Waals surface area contributed by atoms with E-state index in [1.807, 2.05) is 0 Å². The summed E-state index contributed by atoms with van der Waals surface area (Å²) < 4.78 is 0. The van der Waals surface area contributed by atoms with Crippen LogP contribution in [0, 0.1) is 0 Å². The van der Waals surface area contributed by atoms with E-state index in [9.17, 15) is 4.79 Å². The molecule has 0 atom stereocenters. The summed E-state index contributed by atoms with van der Waals surface area (Å²) in [5, 5.41) is 8.74. The van der Waals surface area contributed by atoms with Crippen LogP contribution in [0.25, 0.3) is 0 Å². The number of hydrogen-bond donors (Lipinski definition) is 2.